The molecule has 0 atom stereocenters. The zero-order chi connectivity index (χ0) is 17.9. The van der Waals surface area contributed by atoms with Crippen LogP contribution in [0.2, 0.25) is 0 Å². The second kappa shape index (κ2) is 7.37. The lowest BCUT2D eigenvalue weighted by atomic mass is 10.2. The lowest BCUT2D eigenvalue weighted by molar-refractivity contribution is 0.102. The van der Waals surface area contributed by atoms with E-state index in [1.54, 1.807) is 19.1 Å². The van der Waals surface area contributed by atoms with Crippen molar-refractivity contribution >= 4 is 21.8 Å². The summed E-state index contributed by atoms with van der Waals surface area (Å²) in [5.41, 5.74) is 0.255. The molecule has 1 N–H and O–H groups in total. The fourth-order valence-corrected chi connectivity index (χ4v) is 4.40. The summed E-state index contributed by atoms with van der Waals surface area (Å²) in [5.74, 6) is 0.222. The van der Waals surface area contributed by atoms with Gasteiger partial charge in [0.25, 0.3) is 5.91 Å². The van der Waals surface area contributed by atoms with Gasteiger partial charge in [0.15, 0.2) is 5.89 Å². The number of hydrogen-bond acceptors (Lipinski definition) is 5. The fourth-order valence-electron chi connectivity index (χ4n) is 2.83. The summed E-state index contributed by atoms with van der Waals surface area (Å²) in [5, 5.41) is 2.57. The van der Waals surface area contributed by atoms with Crippen molar-refractivity contribution in [2.24, 2.45) is 0 Å². The van der Waals surface area contributed by atoms with Crippen LogP contribution in [0.4, 0.5) is 5.88 Å². The van der Waals surface area contributed by atoms with Crippen molar-refractivity contribution in [3.8, 4) is 0 Å². The molecule has 25 heavy (non-hydrogen) atoms. The van der Waals surface area contributed by atoms with Gasteiger partial charge in [0, 0.05) is 25.6 Å². The molecule has 8 heteroatoms. The number of nitrogens with zero attached hydrogens (tertiary/aromatic N) is 2. The van der Waals surface area contributed by atoms with Crippen molar-refractivity contribution < 1.29 is 17.6 Å². The molecule has 1 fully saturated rings. The van der Waals surface area contributed by atoms with Gasteiger partial charge in [-0.2, -0.15) is 4.31 Å². The molecular weight excluding hydrogens is 342 g/mol. The van der Waals surface area contributed by atoms with Gasteiger partial charge in [-0.05, 0) is 31.0 Å². The maximum absolute atomic E-state index is 12.8. The average Bonchev–Trinajstić information content (AvgIpc) is 2.85. The highest BCUT2D eigenvalue weighted by molar-refractivity contribution is 7.89. The molecule has 3 rings (SSSR count). The molecule has 0 aliphatic carbocycles. The Morgan fingerprint density at radius 2 is 1.92 bits per heavy atom. The zero-order valence-electron chi connectivity index (χ0n) is 14.1. The number of hydrogen-bond donors (Lipinski definition) is 1. The van der Waals surface area contributed by atoms with Crippen LogP contribution in [0.3, 0.4) is 0 Å². The Morgan fingerprint density at radius 3 is 2.56 bits per heavy atom. The molecule has 2 aromatic rings. The van der Waals surface area contributed by atoms with E-state index in [1.165, 1.54) is 22.6 Å². The number of aromatic nitrogens is 1. The Balaban J connectivity index is 1.81. The van der Waals surface area contributed by atoms with Crippen LogP contribution in [0.1, 0.15) is 41.9 Å². The van der Waals surface area contributed by atoms with E-state index in [0.29, 0.717) is 19.0 Å². The molecular formula is C17H21N3O4S. The first-order valence-corrected chi connectivity index (χ1v) is 9.75. The maximum Gasteiger partial charge on any atom is 0.258 e. The van der Waals surface area contributed by atoms with Crippen molar-refractivity contribution in [3.05, 3.63) is 41.9 Å². The monoisotopic (exact) mass is 363 g/mol. The van der Waals surface area contributed by atoms with Gasteiger partial charge in [0.2, 0.25) is 15.9 Å². The lowest BCUT2D eigenvalue weighted by Gasteiger charge is -2.20. The van der Waals surface area contributed by atoms with E-state index in [4.69, 9.17) is 4.42 Å². The summed E-state index contributed by atoms with van der Waals surface area (Å²) in [6.45, 7) is 2.72. The van der Waals surface area contributed by atoms with Crippen LogP contribution >= 0.6 is 0 Å². The van der Waals surface area contributed by atoms with E-state index in [9.17, 15) is 13.2 Å². The van der Waals surface area contributed by atoms with Crippen LogP contribution in [0.25, 0.3) is 0 Å². The highest BCUT2D eigenvalue weighted by Gasteiger charge is 2.25. The number of carbonyl (C=O) groups excluding carboxylic acids is 1. The number of carbonyl (C=O) groups is 1. The van der Waals surface area contributed by atoms with Crippen molar-refractivity contribution in [1.82, 2.24) is 9.29 Å². The minimum absolute atomic E-state index is 0.135. The Kier molecular flexibility index (Phi) is 5.19. The van der Waals surface area contributed by atoms with Crippen LogP contribution in [0.5, 0.6) is 0 Å². The van der Waals surface area contributed by atoms with Gasteiger partial charge in [0.05, 0.1) is 11.1 Å². The van der Waals surface area contributed by atoms with Crippen molar-refractivity contribution in [3.63, 3.8) is 0 Å². The number of benzene rings is 1. The van der Waals surface area contributed by atoms with E-state index in [0.717, 1.165) is 25.7 Å². The Morgan fingerprint density at radius 1 is 1.20 bits per heavy atom. The minimum Gasteiger partial charge on any atom is -0.425 e. The third-order valence-corrected chi connectivity index (χ3v) is 6.05. The molecule has 0 spiro atoms. The predicted octanol–water partition coefficient (Wildman–Crippen LogP) is 2.80. The molecule has 1 aliphatic rings. The number of amides is 1. The van der Waals surface area contributed by atoms with E-state index < -0.39 is 15.9 Å². The number of aryl methyl sites for hydroxylation is 1. The largest absolute Gasteiger partial charge is 0.425 e. The van der Waals surface area contributed by atoms with E-state index in [1.807, 2.05) is 0 Å². The van der Waals surface area contributed by atoms with E-state index in [-0.39, 0.29) is 16.3 Å². The first-order chi connectivity index (χ1) is 12.0. The van der Waals surface area contributed by atoms with Crippen LogP contribution in [0, 0.1) is 6.92 Å². The quantitative estimate of drug-likeness (QED) is 0.902. The highest BCUT2D eigenvalue weighted by Crippen LogP contribution is 2.21. The summed E-state index contributed by atoms with van der Waals surface area (Å²) >= 11 is 0. The molecule has 0 bridgehead atoms. The van der Waals surface area contributed by atoms with Crippen molar-refractivity contribution in [1.29, 1.82) is 0 Å². The average molecular weight is 363 g/mol. The summed E-state index contributed by atoms with van der Waals surface area (Å²) in [4.78, 5) is 16.4. The highest BCUT2D eigenvalue weighted by atomic mass is 32.2. The van der Waals surface area contributed by atoms with Crippen LogP contribution in [-0.4, -0.2) is 36.7 Å². The van der Waals surface area contributed by atoms with E-state index in [2.05, 4.69) is 10.3 Å². The molecule has 1 aliphatic heterocycles. The molecule has 2 heterocycles. The van der Waals surface area contributed by atoms with Crippen LogP contribution < -0.4 is 5.32 Å². The second-order valence-corrected chi connectivity index (χ2v) is 7.98. The van der Waals surface area contributed by atoms with Gasteiger partial charge in [0.1, 0.15) is 0 Å². The maximum atomic E-state index is 12.8. The molecule has 1 amide bonds. The van der Waals surface area contributed by atoms with Crippen LogP contribution in [-0.2, 0) is 10.0 Å². The summed E-state index contributed by atoms with van der Waals surface area (Å²) in [6.07, 6.45) is 5.23. The Hall–Kier alpha value is -2.19. The lowest BCUT2D eigenvalue weighted by Crippen LogP contribution is -2.32. The predicted molar refractivity (Wildman–Crippen MR) is 92.9 cm³/mol. The van der Waals surface area contributed by atoms with Gasteiger partial charge in [-0.1, -0.05) is 18.9 Å². The number of rotatable bonds is 4. The molecule has 0 radical (unpaired) electrons. The Bertz CT molecular complexity index is 852. The minimum atomic E-state index is -3.59. The molecule has 1 saturated heterocycles. The normalized spacial score (nSPS) is 16.4. The van der Waals surface area contributed by atoms with Gasteiger partial charge in [-0.25, -0.2) is 13.4 Å². The zero-order valence-corrected chi connectivity index (χ0v) is 14.9. The third-order valence-electron chi connectivity index (χ3n) is 4.16. The van der Waals surface area contributed by atoms with Gasteiger partial charge in [-0.3, -0.25) is 10.1 Å². The number of nitrogens with one attached hydrogen (secondary N) is 1. The summed E-state index contributed by atoms with van der Waals surface area (Å²) in [6, 6.07) is 6.07. The third kappa shape index (κ3) is 4.08. The first kappa shape index (κ1) is 17.6. The fraction of sp³-hybridized carbons (Fsp3) is 0.412. The molecule has 0 unspecified atom stereocenters. The Labute approximate surface area is 147 Å². The van der Waals surface area contributed by atoms with Crippen LogP contribution in [0.15, 0.2) is 39.8 Å². The van der Waals surface area contributed by atoms with Crippen molar-refractivity contribution in [2.75, 3.05) is 18.4 Å². The van der Waals surface area contributed by atoms with Gasteiger partial charge < -0.3 is 4.42 Å². The standard InChI is InChI=1S/C17H21N3O4S/c1-13-18-12-16(24-13)19-17(21)14-7-6-8-15(11-14)25(22,23)20-9-4-2-3-5-10-20/h6-8,11-12H,2-5,9-10H2,1H3,(H,19,21). The van der Waals surface area contributed by atoms with Gasteiger partial charge >= 0.3 is 0 Å². The topological polar surface area (TPSA) is 92.5 Å². The van der Waals surface area contributed by atoms with E-state index >= 15 is 0 Å². The summed E-state index contributed by atoms with van der Waals surface area (Å²) in [7, 11) is -3.59. The SMILES string of the molecule is Cc1ncc(NC(=O)c2cccc(S(=O)(=O)N3CCCCCC3)c2)o1. The molecule has 1 aromatic heterocycles. The molecule has 1 aromatic carbocycles. The second-order valence-electron chi connectivity index (χ2n) is 6.04. The number of oxazole rings is 1. The number of anilines is 1. The molecule has 7 nitrogen and oxygen atoms in total. The smallest absolute Gasteiger partial charge is 0.258 e. The van der Waals surface area contributed by atoms with Gasteiger partial charge in [-0.15, -0.1) is 0 Å². The first-order valence-electron chi connectivity index (χ1n) is 8.31. The molecule has 134 valence electrons. The summed E-state index contributed by atoms with van der Waals surface area (Å²) < 4.78 is 32.4. The molecule has 0 saturated carbocycles. The van der Waals surface area contributed by atoms with Crippen molar-refractivity contribution in [2.45, 2.75) is 37.5 Å². The number of sulfonamides is 1.